The van der Waals surface area contributed by atoms with Crippen LogP contribution in [0.2, 0.25) is 0 Å². The fraction of sp³-hybridized carbons (Fsp3) is 0.509. The number of carbonyl (C=O) groups is 2. The summed E-state index contributed by atoms with van der Waals surface area (Å²) >= 11 is 1.28. The molecular weight excluding hydrogens is 816 g/mol. The van der Waals surface area contributed by atoms with Gasteiger partial charge in [-0.15, -0.1) is 0 Å². The molecule has 0 saturated heterocycles. The lowest BCUT2D eigenvalue weighted by atomic mass is 9.83. The van der Waals surface area contributed by atoms with E-state index in [1.807, 2.05) is 24.3 Å². The average molecular weight is 892 g/mol. The van der Waals surface area contributed by atoms with Crippen LogP contribution in [-0.2, 0) is 25.1 Å². The first-order chi connectivity index (χ1) is 30.8. The highest BCUT2D eigenvalue weighted by Crippen LogP contribution is 2.63. The summed E-state index contributed by atoms with van der Waals surface area (Å²) in [4.78, 5) is 28.2. The largest absolute Gasteiger partial charge is 0.488 e. The molecule has 4 aromatic carbocycles. The molecule has 8 heteroatoms. The lowest BCUT2D eigenvalue weighted by Gasteiger charge is -2.29. The second kappa shape index (κ2) is 27.4. The highest BCUT2D eigenvalue weighted by molar-refractivity contribution is 8.13. The molecule has 0 aromatic heterocycles. The average Bonchev–Trinajstić information content (AvgIpc) is 3.30. The molecule has 3 N–H and O–H groups in total. The molecular formula is C55H76N2O4PS+. The third-order valence-electron chi connectivity index (χ3n) is 12.7. The summed E-state index contributed by atoms with van der Waals surface area (Å²) in [5, 5.41) is 7.57. The van der Waals surface area contributed by atoms with E-state index in [2.05, 4.69) is 45.0 Å². The topological polar surface area (TPSA) is 102 Å². The molecule has 1 aliphatic carbocycles. The van der Waals surface area contributed by atoms with Crippen LogP contribution in [0.3, 0.4) is 0 Å². The highest BCUT2D eigenvalue weighted by Gasteiger charge is 2.37. The Morgan fingerprint density at radius 3 is 1.27 bits per heavy atom. The van der Waals surface area contributed by atoms with Crippen LogP contribution in [0.5, 0.6) is 11.5 Å². The number of carbonyl (C=O) groups excluding carboxylic acids is 2. The molecule has 0 heterocycles. The van der Waals surface area contributed by atoms with Crippen LogP contribution in [0.25, 0.3) is 0 Å². The van der Waals surface area contributed by atoms with Crippen molar-refractivity contribution in [1.82, 2.24) is 0 Å². The summed E-state index contributed by atoms with van der Waals surface area (Å²) in [6.07, 6.45) is 30.0. The Labute approximate surface area is 385 Å². The van der Waals surface area contributed by atoms with E-state index in [0.29, 0.717) is 28.4 Å². The molecule has 0 saturated carbocycles. The zero-order valence-corrected chi connectivity index (χ0v) is 40.5. The van der Waals surface area contributed by atoms with Gasteiger partial charge in [-0.3, -0.25) is 15.0 Å². The lowest BCUT2D eigenvalue weighted by molar-refractivity contribution is 0.0971. The number of hydrogen-bond acceptors (Lipinski definition) is 6. The van der Waals surface area contributed by atoms with Crippen molar-refractivity contribution in [2.45, 2.75) is 161 Å². The van der Waals surface area contributed by atoms with Crippen LogP contribution < -0.4 is 15.2 Å². The van der Waals surface area contributed by atoms with Gasteiger partial charge in [0.1, 0.15) is 24.7 Å². The summed E-state index contributed by atoms with van der Waals surface area (Å²) in [6.45, 7) is 7.43. The van der Waals surface area contributed by atoms with Gasteiger partial charge < -0.3 is 15.2 Å². The van der Waals surface area contributed by atoms with Gasteiger partial charge in [0.15, 0.2) is 16.7 Å². The molecule has 0 unspecified atom stereocenters. The number of unbranched alkanes of at least 4 members (excludes halogenated alkanes) is 15. The van der Waals surface area contributed by atoms with Gasteiger partial charge in [-0.2, -0.15) is 0 Å². The standard InChI is InChI=1S/C55H76N2O4PS/c1-4-7-10-13-16-21-36-62(37-22-17-14-11-8-5-2,38-23-18-15-12-9-6-3)41-45-30-26-43(27-31-45)39-60-49-34-35-50(61-40-44-28-32-46(33-29-44)42-63-55(56)57)52-51(49)53(58)47-24-19-20-25-48(47)54(52)59/h19-20,24-35H,4-18,21-23,36-42H2,1-3H3,(H3,56,57)/q+1. The molecule has 0 fully saturated rings. The number of ether oxygens (including phenoxy) is 2. The van der Waals surface area contributed by atoms with Gasteiger partial charge in [0.2, 0.25) is 0 Å². The van der Waals surface area contributed by atoms with Crippen molar-refractivity contribution >= 4 is 35.8 Å². The second-order valence-corrected chi connectivity index (χ2v) is 23.2. The van der Waals surface area contributed by atoms with Crippen molar-refractivity contribution in [2.75, 3.05) is 18.5 Å². The van der Waals surface area contributed by atoms with Crippen LogP contribution in [0, 0.1) is 5.41 Å². The van der Waals surface area contributed by atoms with E-state index in [4.69, 9.17) is 20.6 Å². The molecule has 5 rings (SSSR count). The van der Waals surface area contributed by atoms with Crippen molar-refractivity contribution in [3.63, 3.8) is 0 Å². The fourth-order valence-electron chi connectivity index (χ4n) is 9.00. The van der Waals surface area contributed by atoms with Gasteiger partial charge in [-0.25, -0.2) is 0 Å². The Morgan fingerprint density at radius 1 is 0.508 bits per heavy atom. The minimum absolute atomic E-state index is 0.0857. The molecule has 1 aliphatic rings. The van der Waals surface area contributed by atoms with Gasteiger partial charge in [0, 0.05) is 24.1 Å². The third kappa shape index (κ3) is 15.9. The van der Waals surface area contributed by atoms with Crippen LogP contribution in [-0.4, -0.2) is 35.2 Å². The van der Waals surface area contributed by atoms with E-state index < -0.39 is 7.26 Å². The maximum absolute atomic E-state index is 14.1. The number of ketones is 2. The van der Waals surface area contributed by atoms with Crippen molar-refractivity contribution in [3.8, 4) is 11.5 Å². The number of fused-ring (bicyclic) bond motifs is 2. The Morgan fingerprint density at radius 2 is 0.873 bits per heavy atom. The fourth-order valence-corrected chi connectivity index (χ4v) is 14.3. The van der Waals surface area contributed by atoms with Crippen LogP contribution in [0.1, 0.15) is 190 Å². The van der Waals surface area contributed by atoms with Gasteiger partial charge in [0.25, 0.3) is 0 Å². The number of nitrogens with one attached hydrogen (secondary N) is 1. The number of hydrogen-bond donors (Lipinski definition) is 2. The van der Waals surface area contributed by atoms with Crippen molar-refractivity contribution in [1.29, 1.82) is 5.41 Å². The first-order valence-electron chi connectivity index (χ1n) is 24.4. The van der Waals surface area contributed by atoms with Gasteiger partial charge in [-0.1, -0.05) is 182 Å². The molecule has 0 atom stereocenters. The van der Waals surface area contributed by atoms with Crippen molar-refractivity contribution in [3.05, 3.63) is 129 Å². The number of rotatable bonds is 31. The van der Waals surface area contributed by atoms with Crippen LogP contribution in [0.15, 0.2) is 84.9 Å². The van der Waals surface area contributed by atoms with Crippen LogP contribution >= 0.6 is 19.0 Å². The van der Waals surface area contributed by atoms with Crippen molar-refractivity contribution < 1.29 is 19.1 Å². The zero-order valence-electron chi connectivity index (χ0n) is 38.8. The molecule has 0 bridgehead atoms. The smallest absolute Gasteiger partial charge is 0.198 e. The number of thioether (sulfide) groups is 1. The minimum Gasteiger partial charge on any atom is -0.488 e. The second-order valence-electron chi connectivity index (χ2n) is 17.9. The predicted octanol–water partition coefficient (Wildman–Crippen LogP) is 15.3. The Bertz CT molecular complexity index is 1970. The summed E-state index contributed by atoms with van der Waals surface area (Å²) in [6, 6.07) is 27.5. The molecule has 0 radical (unpaired) electrons. The molecule has 0 amide bonds. The Balaban J connectivity index is 1.31. The number of benzene rings is 4. The minimum atomic E-state index is -1.18. The molecule has 0 aliphatic heterocycles. The molecule has 63 heavy (non-hydrogen) atoms. The third-order valence-corrected chi connectivity index (χ3v) is 18.3. The van der Waals surface area contributed by atoms with Gasteiger partial charge in [0.05, 0.1) is 35.8 Å². The Kier molecular flexibility index (Phi) is 21.8. The van der Waals surface area contributed by atoms with E-state index in [0.717, 1.165) is 16.7 Å². The zero-order chi connectivity index (χ0) is 44.7. The summed E-state index contributed by atoms with van der Waals surface area (Å²) in [5.74, 6) is 0.899. The highest BCUT2D eigenvalue weighted by atomic mass is 32.2. The molecule has 6 nitrogen and oxygen atoms in total. The molecule has 4 aromatic rings. The summed E-state index contributed by atoms with van der Waals surface area (Å²) < 4.78 is 12.8. The van der Waals surface area contributed by atoms with Crippen LogP contribution in [0.4, 0.5) is 0 Å². The summed E-state index contributed by atoms with van der Waals surface area (Å²) in [5.41, 5.74) is 11.3. The van der Waals surface area contributed by atoms with E-state index in [-0.39, 0.29) is 41.1 Å². The maximum atomic E-state index is 14.1. The van der Waals surface area contributed by atoms with Gasteiger partial charge in [-0.05, 0) is 72.9 Å². The van der Waals surface area contributed by atoms with Gasteiger partial charge >= 0.3 is 0 Å². The number of amidine groups is 1. The normalized spacial score (nSPS) is 12.3. The quantitative estimate of drug-likeness (QED) is 0.0199. The molecule has 0 spiro atoms. The number of nitrogens with two attached hydrogens (primary N) is 1. The summed E-state index contributed by atoms with van der Waals surface area (Å²) in [7, 11) is -1.18. The molecule has 340 valence electrons. The van der Waals surface area contributed by atoms with Crippen molar-refractivity contribution in [2.24, 2.45) is 5.73 Å². The Hall–Kier alpha value is -3.93. The van der Waals surface area contributed by atoms with E-state index >= 15 is 0 Å². The van der Waals surface area contributed by atoms with E-state index in [9.17, 15) is 9.59 Å². The maximum Gasteiger partial charge on any atom is 0.198 e. The lowest BCUT2D eigenvalue weighted by Crippen LogP contribution is -2.23. The predicted molar refractivity (Wildman–Crippen MR) is 270 cm³/mol. The van der Waals surface area contributed by atoms with E-state index in [1.165, 1.54) is 158 Å². The first-order valence-corrected chi connectivity index (χ1v) is 27.9. The van der Waals surface area contributed by atoms with E-state index in [1.54, 1.807) is 36.4 Å². The SMILES string of the molecule is CCCCCCCC[P+](CCCCCCCC)(CCCCCCCC)Cc1ccc(COc2ccc(OCc3ccc(CSC(=N)N)cc3)c3c2C(=O)c2ccccc2C3=O)cc1. The first kappa shape index (κ1) is 50.1. The monoisotopic (exact) mass is 892 g/mol.